The first-order valence-electron chi connectivity index (χ1n) is 6.74. The third-order valence-electron chi connectivity index (χ3n) is 3.67. The van der Waals surface area contributed by atoms with Gasteiger partial charge in [0.15, 0.2) is 0 Å². The van der Waals surface area contributed by atoms with Gasteiger partial charge in [0.25, 0.3) is 0 Å². The Kier molecular flexibility index (Phi) is 5.16. The van der Waals surface area contributed by atoms with Gasteiger partial charge >= 0.3 is 5.97 Å². The maximum atomic E-state index is 11.8. The maximum absolute atomic E-state index is 11.8. The highest BCUT2D eigenvalue weighted by Crippen LogP contribution is 2.26. The molecule has 1 saturated carbocycles. The lowest BCUT2D eigenvalue weighted by molar-refractivity contribution is -0.151. The molecule has 0 aromatic carbocycles. The maximum Gasteiger partial charge on any atom is 0.307 e. The van der Waals surface area contributed by atoms with Crippen LogP contribution < -0.4 is 5.32 Å². The van der Waals surface area contributed by atoms with Gasteiger partial charge in [-0.1, -0.05) is 6.92 Å². The van der Waals surface area contributed by atoms with Crippen molar-refractivity contribution in [3.63, 3.8) is 0 Å². The van der Waals surface area contributed by atoms with E-state index in [1.807, 2.05) is 11.8 Å². The molecule has 2 fully saturated rings. The first-order chi connectivity index (χ1) is 8.24. The summed E-state index contributed by atoms with van der Waals surface area (Å²) in [6.07, 6.45) is 5.25. The molecule has 17 heavy (non-hydrogen) atoms. The molecular weight excluding hydrogens is 234 g/mol. The van der Waals surface area contributed by atoms with Crippen LogP contribution in [0.15, 0.2) is 0 Å². The molecular formula is C13H23NO2S. The normalized spacial score (nSPS) is 34.3. The molecule has 1 saturated heterocycles. The van der Waals surface area contributed by atoms with Gasteiger partial charge in [0, 0.05) is 24.1 Å². The zero-order valence-electron chi connectivity index (χ0n) is 10.6. The molecule has 0 aromatic heterocycles. The number of nitrogens with one attached hydrogen (secondary N) is 1. The molecule has 4 heteroatoms. The van der Waals surface area contributed by atoms with E-state index in [4.69, 9.17) is 4.74 Å². The van der Waals surface area contributed by atoms with Gasteiger partial charge in [-0.2, -0.15) is 11.8 Å². The Labute approximate surface area is 108 Å². The van der Waals surface area contributed by atoms with E-state index in [9.17, 15) is 4.79 Å². The molecule has 3 nitrogen and oxygen atoms in total. The predicted octanol–water partition coefficient (Wildman–Crippen LogP) is 2.20. The van der Waals surface area contributed by atoms with E-state index < -0.39 is 0 Å². The molecule has 0 amide bonds. The lowest BCUT2D eigenvalue weighted by Gasteiger charge is -2.27. The summed E-state index contributed by atoms with van der Waals surface area (Å²) in [6, 6.07) is 0.323. The quantitative estimate of drug-likeness (QED) is 0.787. The van der Waals surface area contributed by atoms with Gasteiger partial charge in [0.2, 0.25) is 0 Å². The number of hydrogen-bond donors (Lipinski definition) is 1. The van der Waals surface area contributed by atoms with Crippen LogP contribution in [0.1, 0.15) is 39.0 Å². The fourth-order valence-electron chi connectivity index (χ4n) is 2.53. The second-order valence-electron chi connectivity index (χ2n) is 5.30. The Bertz CT molecular complexity index is 246. The van der Waals surface area contributed by atoms with Crippen LogP contribution in [0.25, 0.3) is 0 Å². The highest BCUT2D eigenvalue weighted by atomic mass is 32.2. The minimum absolute atomic E-state index is 0.00967. The summed E-state index contributed by atoms with van der Waals surface area (Å²) in [6.45, 7) is 3.30. The Morgan fingerprint density at radius 1 is 1.35 bits per heavy atom. The lowest BCUT2D eigenvalue weighted by atomic mass is 9.89. The second-order valence-corrected chi connectivity index (χ2v) is 6.45. The van der Waals surface area contributed by atoms with Crippen LogP contribution in [0.2, 0.25) is 0 Å². The summed E-state index contributed by atoms with van der Waals surface area (Å²) in [4.78, 5) is 11.8. The fourth-order valence-corrected chi connectivity index (χ4v) is 3.48. The van der Waals surface area contributed by atoms with Crippen molar-refractivity contribution < 1.29 is 9.53 Å². The molecule has 0 radical (unpaired) electrons. The molecule has 2 aliphatic rings. The summed E-state index contributed by atoms with van der Waals surface area (Å²) in [5.41, 5.74) is 0. The largest absolute Gasteiger partial charge is 0.462 e. The molecule has 1 aliphatic heterocycles. The molecule has 1 aliphatic carbocycles. The molecule has 0 spiro atoms. The van der Waals surface area contributed by atoms with E-state index in [1.54, 1.807) is 0 Å². The van der Waals surface area contributed by atoms with Crippen molar-refractivity contribution in [3.8, 4) is 0 Å². The molecule has 0 aromatic rings. The van der Waals surface area contributed by atoms with E-state index in [1.165, 1.54) is 12.8 Å². The zero-order chi connectivity index (χ0) is 12.1. The molecule has 0 bridgehead atoms. The number of thioether (sulfide) groups is 1. The van der Waals surface area contributed by atoms with Crippen molar-refractivity contribution in [2.75, 3.05) is 18.1 Å². The molecule has 1 heterocycles. The van der Waals surface area contributed by atoms with Gasteiger partial charge < -0.3 is 10.1 Å². The molecule has 1 unspecified atom stereocenters. The standard InChI is InChI=1S/C13H23NO2S/c1-10-2-4-12(5-3-10)16-13(15)8-11-9-17-7-6-14-11/h10-12,14H,2-9H2,1H3. The van der Waals surface area contributed by atoms with Gasteiger partial charge in [-0.25, -0.2) is 0 Å². The molecule has 1 atom stereocenters. The number of carbonyl (C=O) groups excluding carboxylic acids is 1. The highest BCUT2D eigenvalue weighted by molar-refractivity contribution is 7.99. The number of carbonyl (C=O) groups is 1. The van der Waals surface area contributed by atoms with Crippen LogP contribution in [0.4, 0.5) is 0 Å². The van der Waals surface area contributed by atoms with Crippen molar-refractivity contribution >= 4 is 17.7 Å². The summed E-state index contributed by atoms with van der Waals surface area (Å²) in [5, 5.41) is 3.37. The average molecular weight is 257 g/mol. The van der Waals surface area contributed by atoms with Gasteiger partial charge in [-0.3, -0.25) is 4.79 Å². The van der Waals surface area contributed by atoms with Gasteiger partial charge in [0.1, 0.15) is 6.10 Å². The van der Waals surface area contributed by atoms with Crippen LogP contribution in [-0.2, 0) is 9.53 Å². The van der Waals surface area contributed by atoms with E-state index in [0.717, 1.165) is 36.8 Å². The summed E-state index contributed by atoms with van der Waals surface area (Å²) >= 11 is 1.92. The van der Waals surface area contributed by atoms with Crippen LogP contribution in [-0.4, -0.2) is 36.2 Å². The van der Waals surface area contributed by atoms with Crippen LogP contribution in [0, 0.1) is 5.92 Å². The minimum atomic E-state index is -0.00967. The summed E-state index contributed by atoms with van der Waals surface area (Å²) in [5.74, 6) is 2.99. The van der Waals surface area contributed by atoms with Crippen molar-refractivity contribution in [1.82, 2.24) is 5.32 Å². The SMILES string of the molecule is CC1CCC(OC(=O)CC2CSCCN2)CC1. The number of esters is 1. The van der Waals surface area contributed by atoms with Crippen molar-refractivity contribution in [2.45, 2.75) is 51.2 Å². The first-order valence-corrected chi connectivity index (χ1v) is 7.90. The predicted molar refractivity (Wildman–Crippen MR) is 71.2 cm³/mol. The van der Waals surface area contributed by atoms with Gasteiger partial charge in [-0.15, -0.1) is 0 Å². The molecule has 1 N–H and O–H groups in total. The zero-order valence-corrected chi connectivity index (χ0v) is 11.4. The fraction of sp³-hybridized carbons (Fsp3) is 0.923. The Morgan fingerprint density at radius 3 is 2.76 bits per heavy atom. The highest BCUT2D eigenvalue weighted by Gasteiger charge is 2.23. The topological polar surface area (TPSA) is 38.3 Å². The van der Waals surface area contributed by atoms with E-state index >= 15 is 0 Å². The Balaban J connectivity index is 1.66. The van der Waals surface area contributed by atoms with Gasteiger partial charge in [-0.05, 0) is 31.6 Å². The number of ether oxygens (including phenoxy) is 1. The van der Waals surface area contributed by atoms with E-state index in [-0.39, 0.29) is 12.1 Å². The minimum Gasteiger partial charge on any atom is -0.462 e. The lowest BCUT2D eigenvalue weighted by Crippen LogP contribution is -2.39. The van der Waals surface area contributed by atoms with Crippen molar-refractivity contribution in [1.29, 1.82) is 0 Å². The van der Waals surface area contributed by atoms with E-state index in [0.29, 0.717) is 12.5 Å². The smallest absolute Gasteiger partial charge is 0.307 e. The number of rotatable bonds is 3. The first kappa shape index (κ1) is 13.2. The summed E-state index contributed by atoms with van der Waals surface area (Å²) in [7, 11) is 0. The molecule has 98 valence electrons. The second kappa shape index (κ2) is 6.64. The Morgan fingerprint density at radius 2 is 2.12 bits per heavy atom. The van der Waals surface area contributed by atoms with Gasteiger partial charge in [0.05, 0.1) is 6.42 Å². The van der Waals surface area contributed by atoms with Crippen LogP contribution >= 0.6 is 11.8 Å². The van der Waals surface area contributed by atoms with E-state index in [2.05, 4.69) is 12.2 Å². The Hall–Kier alpha value is -0.220. The van der Waals surface area contributed by atoms with Crippen LogP contribution in [0.3, 0.4) is 0 Å². The van der Waals surface area contributed by atoms with Crippen LogP contribution in [0.5, 0.6) is 0 Å². The van der Waals surface area contributed by atoms with Crippen molar-refractivity contribution in [3.05, 3.63) is 0 Å². The monoisotopic (exact) mass is 257 g/mol. The number of hydrogen-bond acceptors (Lipinski definition) is 4. The summed E-state index contributed by atoms with van der Waals surface area (Å²) < 4.78 is 5.55. The molecule has 2 rings (SSSR count). The third kappa shape index (κ3) is 4.51. The van der Waals surface area contributed by atoms with Crippen molar-refractivity contribution in [2.24, 2.45) is 5.92 Å². The third-order valence-corrected chi connectivity index (χ3v) is 4.80. The average Bonchev–Trinajstić information content (AvgIpc) is 2.33.